The zero-order valence-electron chi connectivity index (χ0n) is 16.4. The van der Waals surface area contributed by atoms with Crippen molar-refractivity contribution in [1.82, 2.24) is 9.55 Å². The van der Waals surface area contributed by atoms with E-state index in [2.05, 4.69) is 57.1 Å². The first-order chi connectivity index (χ1) is 15.0. The van der Waals surface area contributed by atoms with Crippen molar-refractivity contribution >= 4 is 45.8 Å². The first-order valence-corrected chi connectivity index (χ1v) is 11.1. The molecule has 0 saturated carbocycles. The molecule has 1 heterocycles. The van der Waals surface area contributed by atoms with E-state index in [0.717, 1.165) is 33.0 Å². The van der Waals surface area contributed by atoms with Crippen LogP contribution in [-0.2, 0) is 11.9 Å². The largest absolute Gasteiger partial charge is 0.381 e. The topological polar surface area (TPSA) is 73.0 Å². The van der Waals surface area contributed by atoms with Crippen molar-refractivity contribution in [2.45, 2.75) is 16.8 Å². The number of thiol groups is 1. The molecule has 31 heavy (non-hydrogen) atoms. The third kappa shape index (κ3) is 4.98. The molecule has 3 aromatic carbocycles. The van der Waals surface area contributed by atoms with Crippen molar-refractivity contribution in [3.63, 3.8) is 0 Å². The van der Waals surface area contributed by atoms with Crippen LogP contribution in [0.3, 0.4) is 0 Å². The van der Waals surface area contributed by atoms with E-state index in [-0.39, 0.29) is 5.82 Å². The molecule has 0 radical (unpaired) electrons. The summed E-state index contributed by atoms with van der Waals surface area (Å²) in [5, 5.41) is 14.9. The number of nitrogens with one attached hydrogen (secondary N) is 1. The molecule has 0 aliphatic heterocycles. The highest BCUT2D eigenvalue weighted by atomic mass is 79.9. The van der Waals surface area contributed by atoms with Gasteiger partial charge in [0.1, 0.15) is 6.20 Å². The second kappa shape index (κ2) is 9.36. The van der Waals surface area contributed by atoms with Crippen molar-refractivity contribution in [3.05, 3.63) is 100 Å². The average molecular weight is 495 g/mol. The summed E-state index contributed by atoms with van der Waals surface area (Å²) in [7, 11) is 0. The molecule has 0 unspecified atom stereocenters. The maximum Gasteiger partial charge on any atom is 0.381 e. The smallest absolute Gasteiger partial charge is 0.358 e. The van der Waals surface area contributed by atoms with Crippen molar-refractivity contribution in [1.29, 1.82) is 0 Å². The minimum atomic E-state index is -0.473. The Kier molecular flexibility index (Phi) is 6.39. The third-order valence-electron chi connectivity index (χ3n) is 4.84. The van der Waals surface area contributed by atoms with Crippen molar-refractivity contribution in [2.24, 2.45) is 0 Å². The van der Waals surface area contributed by atoms with E-state index in [1.807, 2.05) is 54.6 Å². The van der Waals surface area contributed by atoms with E-state index < -0.39 is 4.92 Å². The number of nitrogens with zero attached hydrogens (tertiary/aromatic N) is 3. The van der Waals surface area contributed by atoms with E-state index in [4.69, 9.17) is 0 Å². The fourth-order valence-electron chi connectivity index (χ4n) is 3.30. The Morgan fingerprint density at radius 1 is 1.03 bits per heavy atom. The molecule has 4 rings (SSSR count). The molecule has 156 valence electrons. The zero-order valence-corrected chi connectivity index (χ0v) is 18.9. The van der Waals surface area contributed by atoms with Crippen molar-refractivity contribution < 1.29 is 4.92 Å². The molecular formula is C23H19BrN4O2S. The Labute approximate surface area is 193 Å². The molecule has 0 bridgehead atoms. The molecule has 1 N–H and O–H groups in total. The Hall–Kier alpha value is -3.10. The van der Waals surface area contributed by atoms with Crippen LogP contribution in [0.4, 0.5) is 17.2 Å². The lowest BCUT2D eigenvalue weighted by Gasteiger charge is -2.13. The number of anilines is 2. The van der Waals surface area contributed by atoms with Gasteiger partial charge in [0.25, 0.3) is 0 Å². The van der Waals surface area contributed by atoms with Gasteiger partial charge in [-0.25, -0.2) is 0 Å². The van der Waals surface area contributed by atoms with Gasteiger partial charge in [-0.1, -0.05) is 58.4 Å². The summed E-state index contributed by atoms with van der Waals surface area (Å²) in [5.41, 5.74) is 5.20. The van der Waals surface area contributed by atoms with Gasteiger partial charge < -0.3 is 20.0 Å². The highest BCUT2D eigenvalue weighted by Crippen LogP contribution is 2.31. The van der Waals surface area contributed by atoms with Gasteiger partial charge in [0.05, 0.1) is 11.9 Å². The molecule has 4 aromatic rings. The van der Waals surface area contributed by atoms with Gasteiger partial charge in [0.2, 0.25) is 5.82 Å². The minimum Gasteiger partial charge on any atom is -0.358 e. The molecule has 8 heteroatoms. The lowest BCUT2D eigenvalue weighted by atomic mass is 10.0. The molecule has 1 aromatic heterocycles. The number of imidazole rings is 1. The van der Waals surface area contributed by atoms with E-state index in [0.29, 0.717) is 17.7 Å². The number of para-hydroxylation sites is 1. The molecule has 6 nitrogen and oxygen atoms in total. The van der Waals surface area contributed by atoms with Gasteiger partial charge in [-0.2, -0.15) is 0 Å². The number of benzene rings is 3. The van der Waals surface area contributed by atoms with Crippen LogP contribution in [0.25, 0.3) is 11.1 Å². The Morgan fingerprint density at radius 3 is 2.42 bits per heavy atom. The summed E-state index contributed by atoms with van der Waals surface area (Å²) in [6, 6.07) is 24.2. The fourth-order valence-corrected chi connectivity index (χ4v) is 3.90. The van der Waals surface area contributed by atoms with E-state index in [9.17, 15) is 10.1 Å². The molecule has 0 saturated heterocycles. The number of halogens is 1. The Balaban J connectivity index is 1.56. The number of rotatable bonds is 7. The summed E-state index contributed by atoms with van der Waals surface area (Å²) >= 11 is 7.68. The lowest BCUT2D eigenvalue weighted by molar-refractivity contribution is -0.389. The predicted octanol–water partition coefficient (Wildman–Crippen LogP) is 6.43. The summed E-state index contributed by atoms with van der Waals surface area (Å²) in [6.07, 6.45) is 1.47. The zero-order chi connectivity index (χ0) is 21.8. The second-order valence-electron chi connectivity index (χ2n) is 6.95. The number of alkyl halides is 1. The van der Waals surface area contributed by atoms with Crippen LogP contribution in [-0.4, -0.2) is 14.5 Å². The van der Waals surface area contributed by atoms with Crippen molar-refractivity contribution in [2.75, 3.05) is 5.32 Å². The SMILES string of the molecule is O=[N+]([O-])c1cn(Cc2ccc(-c3ccccc3Nc3ccc(S)cc3)cc2)c(CBr)n1. The van der Waals surface area contributed by atoms with Gasteiger partial charge in [-0.3, -0.25) is 0 Å². The first-order valence-electron chi connectivity index (χ1n) is 9.54. The molecule has 0 atom stereocenters. The third-order valence-corrected chi connectivity index (χ3v) is 5.64. The van der Waals surface area contributed by atoms with Gasteiger partial charge in [-0.05, 0) is 51.4 Å². The molecular weight excluding hydrogens is 476 g/mol. The summed E-state index contributed by atoms with van der Waals surface area (Å²) < 4.78 is 1.79. The number of nitro groups is 1. The van der Waals surface area contributed by atoms with Crippen molar-refractivity contribution in [3.8, 4) is 11.1 Å². The average Bonchev–Trinajstić information content (AvgIpc) is 3.20. The van der Waals surface area contributed by atoms with Crippen LogP contribution in [0.1, 0.15) is 11.4 Å². The normalized spacial score (nSPS) is 10.8. The van der Waals surface area contributed by atoms with Crippen LogP contribution in [0, 0.1) is 10.1 Å². The van der Waals surface area contributed by atoms with Crippen LogP contribution in [0.15, 0.2) is 83.9 Å². The van der Waals surface area contributed by atoms with Gasteiger partial charge in [0.15, 0.2) is 0 Å². The minimum absolute atomic E-state index is 0.142. The monoisotopic (exact) mass is 494 g/mol. The Bertz CT molecular complexity index is 1210. The quantitative estimate of drug-likeness (QED) is 0.134. The van der Waals surface area contributed by atoms with E-state index in [1.54, 1.807) is 4.57 Å². The van der Waals surface area contributed by atoms with Crippen LogP contribution in [0.2, 0.25) is 0 Å². The second-order valence-corrected chi connectivity index (χ2v) is 8.03. The summed E-state index contributed by atoms with van der Waals surface area (Å²) in [6.45, 7) is 0.512. The van der Waals surface area contributed by atoms with Gasteiger partial charge in [0, 0.05) is 21.8 Å². The molecule has 0 fully saturated rings. The number of hydrogen-bond donors (Lipinski definition) is 2. The van der Waals surface area contributed by atoms with Gasteiger partial charge in [-0.15, -0.1) is 12.6 Å². The first kappa shape index (κ1) is 21.1. The van der Waals surface area contributed by atoms with Crippen LogP contribution >= 0.6 is 28.6 Å². The van der Waals surface area contributed by atoms with Gasteiger partial charge >= 0.3 is 5.82 Å². The van der Waals surface area contributed by atoms with E-state index in [1.165, 1.54) is 6.20 Å². The molecule has 0 spiro atoms. The maximum atomic E-state index is 11.0. The van der Waals surface area contributed by atoms with Crippen LogP contribution < -0.4 is 5.32 Å². The molecule has 0 aliphatic rings. The standard InChI is InChI=1S/C23H19BrN4O2S/c24-13-22-26-23(28(29)30)15-27(22)14-16-5-7-17(8-6-16)20-3-1-2-4-21(20)25-18-9-11-19(31)12-10-18/h1-12,15,25,31H,13-14H2. The summed E-state index contributed by atoms with van der Waals surface area (Å²) in [4.78, 5) is 15.5. The molecule has 0 aliphatic carbocycles. The summed E-state index contributed by atoms with van der Waals surface area (Å²) in [5.74, 6) is 0.481. The maximum absolute atomic E-state index is 11.0. The highest BCUT2D eigenvalue weighted by molar-refractivity contribution is 9.08. The molecule has 0 amide bonds. The highest BCUT2D eigenvalue weighted by Gasteiger charge is 2.17. The Morgan fingerprint density at radius 2 is 1.74 bits per heavy atom. The van der Waals surface area contributed by atoms with Crippen LogP contribution in [0.5, 0.6) is 0 Å². The predicted molar refractivity (Wildman–Crippen MR) is 129 cm³/mol. The number of aromatic nitrogens is 2. The fraction of sp³-hybridized carbons (Fsp3) is 0.0870. The van der Waals surface area contributed by atoms with E-state index >= 15 is 0 Å². The number of hydrogen-bond acceptors (Lipinski definition) is 5. The lowest BCUT2D eigenvalue weighted by Crippen LogP contribution is -2.02.